The van der Waals surface area contributed by atoms with Crippen molar-refractivity contribution in [3.63, 3.8) is 0 Å². The molecule has 1 heterocycles. The van der Waals surface area contributed by atoms with E-state index < -0.39 is 29.0 Å². The van der Waals surface area contributed by atoms with Crippen LogP contribution in [0.5, 0.6) is 23.0 Å². The lowest BCUT2D eigenvalue weighted by atomic mass is 10.1. The van der Waals surface area contributed by atoms with Crippen molar-refractivity contribution in [2.75, 3.05) is 19.8 Å². The number of rotatable bonds is 8. The van der Waals surface area contributed by atoms with E-state index in [1.54, 1.807) is 24.3 Å². The second-order valence-electron chi connectivity index (χ2n) is 7.31. The summed E-state index contributed by atoms with van der Waals surface area (Å²) in [5.74, 6) is -0.115. The number of hydrogen-bond donors (Lipinski definition) is 2. The van der Waals surface area contributed by atoms with Crippen LogP contribution in [0.4, 0.5) is 5.69 Å². The minimum Gasteiger partial charge on any atom is -0.489 e. The number of nitrogens with one attached hydrogen (secondary N) is 2. The first-order valence-electron chi connectivity index (χ1n) is 10.6. The molecule has 0 saturated carbocycles. The average molecular weight is 479 g/mol. The third-order valence-corrected chi connectivity index (χ3v) is 4.86. The molecule has 0 atom stereocenters. The summed E-state index contributed by atoms with van der Waals surface area (Å²) in [6.07, 6.45) is 0. The van der Waals surface area contributed by atoms with Gasteiger partial charge in [0, 0.05) is 6.07 Å². The normalized spacial score (nSPS) is 11.8. The lowest BCUT2D eigenvalue weighted by Gasteiger charge is -2.19. The number of ether oxygens (including phenoxy) is 4. The van der Waals surface area contributed by atoms with Gasteiger partial charge in [-0.15, -0.1) is 0 Å². The molecule has 0 saturated heterocycles. The van der Waals surface area contributed by atoms with Gasteiger partial charge in [0.1, 0.15) is 36.9 Å². The number of hydrazine groups is 1. The Bertz CT molecular complexity index is 1220. The number of fused-ring (bicyclic) bond motifs is 1. The van der Waals surface area contributed by atoms with Crippen molar-refractivity contribution in [1.29, 1.82) is 0 Å². The lowest BCUT2D eigenvalue weighted by molar-refractivity contribution is -0.385. The summed E-state index contributed by atoms with van der Waals surface area (Å²) < 4.78 is 21.8. The van der Waals surface area contributed by atoms with Crippen LogP contribution in [0.2, 0.25) is 0 Å². The van der Waals surface area contributed by atoms with Crippen LogP contribution in [-0.2, 0) is 11.4 Å². The van der Waals surface area contributed by atoms with Crippen LogP contribution in [-0.4, -0.2) is 36.6 Å². The molecular weight excluding hydrogens is 458 g/mol. The van der Waals surface area contributed by atoms with E-state index in [2.05, 4.69) is 10.9 Å². The van der Waals surface area contributed by atoms with E-state index in [0.717, 1.165) is 11.6 Å². The number of nitro benzene ring substituents is 1. The Hall–Kier alpha value is -4.80. The minimum absolute atomic E-state index is 0.174. The number of hydrogen-bond acceptors (Lipinski definition) is 8. The van der Waals surface area contributed by atoms with Crippen molar-refractivity contribution < 1.29 is 33.5 Å². The van der Waals surface area contributed by atoms with Crippen LogP contribution >= 0.6 is 0 Å². The van der Waals surface area contributed by atoms with Crippen LogP contribution in [0, 0.1) is 10.1 Å². The van der Waals surface area contributed by atoms with Gasteiger partial charge < -0.3 is 18.9 Å². The maximum Gasteiger partial charge on any atom is 0.286 e. The smallest absolute Gasteiger partial charge is 0.286 e. The predicted molar refractivity (Wildman–Crippen MR) is 122 cm³/mol. The van der Waals surface area contributed by atoms with E-state index in [1.807, 2.05) is 30.3 Å². The fourth-order valence-electron chi connectivity index (χ4n) is 3.16. The summed E-state index contributed by atoms with van der Waals surface area (Å²) in [7, 11) is 0. The van der Waals surface area contributed by atoms with Crippen LogP contribution < -0.4 is 29.8 Å². The van der Waals surface area contributed by atoms with Crippen molar-refractivity contribution in [1.82, 2.24) is 10.9 Å². The van der Waals surface area contributed by atoms with Gasteiger partial charge in [-0.3, -0.25) is 30.6 Å². The van der Waals surface area contributed by atoms with Crippen molar-refractivity contribution in [3.05, 3.63) is 88.0 Å². The highest BCUT2D eigenvalue weighted by Crippen LogP contribution is 2.36. The summed E-state index contributed by atoms with van der Waals surface area (Å²) in [4.78, 5) is 35.2. The number of nitrogens with zero attached hydrogens (tertiary/aromatic N) is 1. The fourth-order valence-corrected chi connectivity index (χ4v) is 3.16. The van der Waals surface area contributed by atoms with Crippen LogP contribution in [0.15, 0.2) is 66.7 Å². The number of amides is 2. The van der Waals surface area contributed by atoms with Crippen molar-refractivity contribution in [3.8, 4) is 23.0 Å². The summed E-state index contributed by atoms with van der Waals surface area (Å²) in [6.45, 7) is 0.522. The molecule has 0 aliphatic carbocycles. The average Bonchev–Trinajstić information content (AvgIpc) is 2.89. The van der Waals surface area contributed by atoms with Gasteiger partial charge in [0.25, 0.3) is 17.5 Å². The Balaban J connectivity index is 1.26. The van der Waals surface area contributed by atoms with Gasteiger partial charge in [-0.2, -0.15) is 0 Å². The Labute approximate surface area is 199 Å². The minimum atomic E-state index is -0.887. The molecule has 11 heteroatoms. The first-order chi connectivity index (χ1) is 17.0. The zero-order valence-electron chi connectivity index (χ0n) is 18.4. The molecule has 0 unspecified atom stereocenters. The third-order valence-electron chi connectivity index (χ3n) is 4.86. The predicted octanol–water partition coefficient (Wildman–Crippen LogP) is 2.79. The number of benzene rings is 3. The maximum absolute atomic E-state index is 12.5. The lowest BCUT2D eigenvalue weighted by Crippen LogP contribution is -2.44. The van der Waals surface area contributed by atoms with E-state index in [4.69, 9.17) is 18.9 Å². The molecule has 11 nitrogen and oxygen atoms in total. The van der Waals surface area contributed by atoms with Gasteiger partial charge in [0.15, 0.2) is 18.1 Å². The highest BCUT2D eigenvalue weighted by atomic mass is 16.6. The highest BCUT2D eigenvalue weighted by Gasteiger charge is 2.26. The van der Waals surface area contributed by atoms with E-state index >= 15 is 0 Å². The molecule has 35 heavy (non-hydrogen) atoms. The standard InChI is InChI=1S/C24H21N3O8/c28-23(15-35-18-8-6-17(7-9-18)34-14-16-4-2-1-3-5-16)25-26-24(29)19-12-21-22(33-11-10-32-21)13-20(19)27(30)31/h1-9,12-13H,10-11,14-15H2,(H,25,28)(H,26,29). The SMILES string of the molecule is O=C(COc1ccc(OCc2ccccc2)cc1)NNC(=O)c1cc2c(cc1[N+](=O)[O-])OCCO2. The largest absolute Gasteiger partial charge is 0.489 e. The number of carbonyl (C=O) groups excluding carboxylic acids is 2. The molecule has 1 aliphatic rings. The zero-order valence-corrected chi connectivity index (χ0v) is 18.4. The molecule has 0 spiro atoms. The van der Waals surface area contributed by atoms with Gasteiger partial charge in [-0.1, -0.05) is 30.3 Å². The Morgan fingerprint density at radius 3 is 2.17 bits per heavy atom. The summed E-state index contributed by atoms with van der Waals surface area (Å²) >= 11 is 0. The molecule has 1 aliphatic heterocycles. The Morgan fingerprint density at radius 1 is 0.886 bits per heavy atom. The highest BCUT2D eigenvalue weighted by molar-refractivity contribution is 5.99. The van der Waals surface area contributed by atoms with E-state index in [1.165, 1.54) is 6.07 Å². The first-order valence-corrected chi connectivity index (χ1v) is 10.6. The van der Waals surface area contributed by atoms with E-state index in [-0.39, 0.29) is 30.3 Å². The van der Waals surface area contributed by atoms with E-state index in [0.29, 0.717) is 18.1 Å². The van der Waals surface area contributed by atoms with Crippen LogP contribution in [0.3, 0.4) is 0 Å². The molecule has 2 N–H and O–H groups in total. The molecule has 0 aromatic heterocycles. The van der Waals surface area contributed by atoms with Crippen LogP contribution in [0.25, 0.3) is 0 Å². The number of nitro groups is 1. The summed E-state index contributed by atoms with van der Waals surface area (Å²) in [6, 6.07) is 18.7. The van der Waals surface area contributed by atoms with Crippen molar-refractivity contribution in [2.24, 2.45) is 0 Å². The summed E-state index contributed by atoms with van der Waals surface area (Å²) in [5.41, 5.74) is 4.57. The van der Waals surface area contributed by atoms with Crippen molar-refractivity contribution in [2.45, 2.75) is 6.61 Å². The molecular formula is C24H21N3O8. The first kappa shape index (κ1) is 23.4. The molecule has 3 aromatic rings. The van der Waals surface area contributed by atoms with Crippen LogP contribution in [0.1, 0.15) is 15.9 Å². The van der Waals surface area contributed by atoms with Gasteiger partial charge in [-0.05, 0) is 29.8 Å². The monoisotopic (exact) mass is 479 g/mol. The molecule has 0 bridgehead atoms. The second-order valence-corrected chi connectivity index (χ2v) is 7.31. The molecule has 180 valence electrons. The topological polar surface area (TPSA) is 138 Å². The molecule has 2 amide bonds. The molecule has 0 fully saturated rings. The molecule has 4 rings (SSSR count). The third kappa shape index (κ3) is 6.16. The second kappa shape index (κ2) is 10.9. The van der Waals surface area contributed by atoms with Gasteiger partial charge in [0.2, 0.25) is 0 Å². The van der Waals surface area contributed by atoms with Gasteiger partial charge in [0.05, 0.1) is 11.0 Å². The van der Waals surface area contributed by atoms with Gasteiger partial charge >= 0.3 is 0 Å². The Kier molecular flexibility index (Phi) is 7.26. The van der Waals surface area contributed by atoms with Crippen molar-refractivity contribution >= 4 is 17.5 Å². The quantitative estimate of drug-likeness (QED) is 0.372. The zero-order chi connectivity index (χ0) is 24.6. The fraction of sp³-hybridized carbons (Fsp3) is 0.167. The molecule has 0 radical (unpaired) electrons. The van der Waals surface area contributed by atoms with Gasteiger partial charge in [-0.25, -0.2) is 0 Å². The maximum atomic E-state index is 12.5. The van der Waals surface area contributed by atoms with E-state index in [9.17, 15) is 19.7 Å². The molecule has 3 aromatic carbocycles. The number of carbonyl (C=O) groups is 2. The summed E-state index contributed by atoms with van der Waals surface area (Å²) in [5, 5.41) is 11.4. The Morgan fingerprint density at radius 2 is 1.51 bits per heavy atom.